The second kappa shape index (κ2) is 14.2. The minimum Gasteiger partial charge on any atom is -0.394 e. The molecule has 0 saturated carbocycles. The number of nitrogens with one attached hydrogen (secondary N) is 4. The van der Waals surface area contributed by atoms with Crippen LogP contribution < -0.4 is 21.1 Å². The first-order valence-electron chi connectivity index (χ1n) is 12.4. The highest BCUT2D eigenvalue weighted by Gasteiger charge is 2.28. The molecule has 0 aliphatic heterocycles. The number of amides is 2. The van der Waals surface area contributed by atoms with Crippen LogP contribution in [0.1, 0.15) is 28.7 Å². The van der Waals surface area contributed by atoms with Gasteiger partial charge in [0.25, 0.3) is 0 Å². The Balaban J connectivity index is 1.67. The van der Waals surface area contributed by atoms with Gasteiger partial charge in [0.05, 0.1) is 12.4 Å². The van der Waals surface area contributed by atoms with Crippen LogP contribution in [0, 0.1) is 5.41 Å². The SMILES string of the molecule is N=C(N)c1ccc(CNC(=O)[C@H](CCc2ccccc2)NC(=O)[C@@H](CO)NS(=O)(=O)Cc2ccccc2)cc1. The number of hydrogen-bond acceptors (Lipinski definition) is 6. The molecular weight excluding hydrogens is 518 g/mol. The molecule has 206 valence electrons. The van der Waals surface area contributed by atoms with Gasteiger partial charge in [-0.15, -0.1) is 0 Å². The van der Waals surface area contributed by atoms with Crippen LogP contribution in [0.3, 0.4) is 0 Å². The zero-order chi connectivity index (χ0) is 28.3. The molecule has 3 rings (SSSR count). The number of aryl methyl sites for hydroxylation is 1. The van der Waals surface area contributed by atoms with Crippen LogP contribution in [-0.4, -0.2) is 49.9 Å². The highest BCUT2D eigenvalue weighted by molar-refractivity contribution is 7.88. The predicted molar refractivity (Wildman–Crippen MR) is 149 cm³/mol. The fraction of sp³-hybridized carbons (Fsp3) is 0.250. The smallest absolute Gasteiger partial charge is 0.242 e. The summed E-state index contributed by atoms with van der Waals surface area (Å²) in [6, 6.07) is 22.2. The lowest BCUT2D eigenvalue weighted by Crippen LogP contribution is -2.55. The highest BCUT2D eigenvalue weighted by atomic mass is 32.2. The quantitative estimate of drug-likeness (QED) is 0.130. The molecule has 2 atom stereocenters. The molecule has 0 spiro atoms. The van der Waals surface area contributed by atoms with E-state index in [1.165, 1.54) is 0 Å². The molecule has 7 N–H and O–H groups in total. The molecule has 10 nitrogen and oxygen atoms in total. The van der Waals surface area contributed by atoms with Gasteiger partial charge >= 0.3 is 0 Å². The summed E-state index contributed by atoms with van der Waals surface area (Å²) in [7, 11) is -3.95. The van der Waals surface area contributed by atoms with Crippen molar-refractivity contribution in [1.29, 1.82) is 5.41 Å². The van der Waals surface area contributed by atoms with Crippen LogP contribution in [-0.2, 0) is 38.3 Å². The van der Waals surface area contributed by atoms with Crippen molar-refractivity contribution in [3.63, 3.8) is 0 Å². The molecule has 3 aromatic carbocycles. The van der Waals surface area contributed by atoms with Crippen molar-refractivity contribution in [3.8, 4) is 0 Å². The summed E-state index contributed by atoms with van der Waals surface area (Å²) in [4.78, 5) is 26.1. The maximum absolute atomic E-state index is 13.1. The molecule has 0 radical (unpaired) electrons. The monoisotopic (exact) mass is 551 g/mol. The van der Waals surface area contributed by atoms with Crippen molar-refractivity contribution < 1.29 is 23.1 Å². The number of hydrogen-bond donors (Lipinski definition) is 6. The number of aliphatic hydroxyl groups excluding tert-OH is 1. The van der Waals surface area contributed by atoms with Crippen LogP contribution in [0.5, 0.6) is 0 Å². The zero-order valence-electron chi connectivity index (χ0n) is 21.3. The molecule has 0 aliphatic rings. The van der Waals surface area contributed by atoms with Crippen molar-refractivity contribution in [2.75, 3.05) is 6.61 Å². The predicted octanol–water partition coefficient (Wildman–Crippen LogP) is 1.18. The van der Waals surface area contributed by atoms with E-state index in [4.69, 9.17) is 11.1 Å². The number of carbonyl (C=O) groups excluding carboxylic acids is 2. The van der Waals surface area contributed by atoms with Gasteiger partial charge in [0.2, 0.25) is 21.8 Å². The minimum atomic E-state index is -3.95. The number of nitrogens with two attached hydrogens (primary N) is 1. The van der Waals surface area contributed by atoms with Gasteiger partial charge in [-0.25, -0.2) is 13.1 Å². The summed E-state index contributed by atoms with van der Waals surface area (Å²) < 4.78 is 27.5. The highest BCUT2D eigenvalue weighted by Crippen LogP contribution is 2.09. The van der Waals surface area contributed by atoms with E-state index >= 15 is 0 Å². The average molecular weight is 552 g/mol. The average Bonchev–Trinajstić information content (AvgIpc) is 2.93. The molecule has 0 aliphatic carbocycles. The van der Waals surface area contributed by atoms with Gasteiger partial charge in [-0.05, 0) is 29.5 Å². The Morgan fingerprint density at radius 3 is 1.97 bits per heavy atom. The van der Waals surface area contributed by atoms with Crippen LogP contribution >= 0.6 is 0 Å². The molecule has 0 aromatic heterocycles. The lowest BCUT2D eigenvalue weighted by Gasteiger charge is -2.22. The fourth-order valence-electron chi connectivity index (χ4n) is 3.84. The summed E-state index contributed by atoms with van der Waals surface area (Å²) in [5.41, 5.74) is 8.29. The van der Waals surface area contributed by atoms with Crippen LogP contribution in [0.25, 0.3) is 0 Å². The van der Waals surface area contributed by atoms with E-state index in [2.05, 4.69) is 15.4 Å². The maximum atomic E-state index is 13.1. The zero-order valence-corrected chi connectivity index (χ0v) is 22.2. The van der Waals surface area contributed by atoms with Gasteiger partial charge in [0.15, 0.2) is 0 Å². The van der Waals surface area contributed by atoms with Gasteiger partial charge in [-0.1, -0.05) is 84.9 Å². The van der Waals surface area contributed by atoms with Crippen molar-refractivity contribution in [3.05, 3.63) is 107 Å². The fourth-order valence-corrected chi connectivity index (χ4v) is 5.17. The summed E-state index contributed by atoms with van der Waals surface area (Å²) >= 11 is 0. The van der Waals surface area contributed by atoms with E-state index in [1.54, 1.807) is 54.6 Å². The summed E-state index contributed by atoms with van der Waals surface area (Å²) in [5, 5.41) is 22.7. The van der Waals surface area contributed by atoms with E-state index in [0.717, 1.165) is 11.1 Å². The van der Waals surface area contributed by atoms with Crippen LogP contribution in [0.4, 0.5) is 0 Å². The second-order valence-corrected chi connectivity index (χ2v) is 10.8. The Hall–Kier alpha value is -4.06. The third-order valence-electron chi connectivity index (χ3n) is 5.95. The van der Waals surface area contributed by atoms with Crippen molar-refractivity contribution in [1.82, 2.24) is 15.4 Å². The second-order valence-electron chi connectivity index (χ2n) is 9.01. The first kappa shape index (κ1) is 29.5. The first-order chi connectivity index (χ1) is 18.7. The van der Waals surface area contributed by atoms with Crippen molar-refractivity contribution in [2.45, 2.75) is 37.2 Å². The number of benzene rings is 3. The number of carbonyl (C=O) groups is 2. The molecule has 39 heavy (non-hydrogen) atoms. The number of nitrogen functional groups attached to an aromatic ring is 1. The maximum Gasteiger partial charge on any atom is 0.242 e. The van der Waals surface area contributed by atoms with Crippen LogP contribution in [0.15, 0.2) is 84.9 Å². The molecule has 0 saturated heterocycles. The van der Waals surface area contributed by atoms with Crippen molar-refractivity contribution in [2.24, 2.45) is 5.73 Å². The van der Waals surface area contributed by atoms with Crippen LogP contribution in [0.2, 0.25) is 0 Å². The standard InChI is InChI=1S/C28H33N5O5S/c29-26(30)23-14-11-21(12-15-23)17-31-27(35)24(16-13-20-7-3-1-4-8-20)32-28(36)25(18-34)33-39(37,38)19-22-9-5-2-6-10-22/h1-12,14-15,24-25,33-34H,13,16-19H2,(H3,29,30)(H,31,35)(H,32,36)/t24-,25+/m0/s1. The van der Waals surface area contributed by atoms with E-state index in [9.17, 15) is 23.1 Å². The molecule has 11 heteroatoms. The van der Waals surface area contributed by atoms with Gasteiger partial charge in [-0.3, -0.25) is 15.0 Å². The lowest BCUT2D eigenvalue weighted by atomic mass is 10.0. The number of amidine groups is 1. The van der Waals surface area contributed by atoms with E-state index < -0.39 is 40.5 Å². The summed E-state index contributed by atoms with van der Waals surface area (Å²) in [5.74, 6) is -1.70. The number of aliphatic hydroxyl groups is 1. The Morgan fingerprint density at radius 2 is 1.41 bits per heavy atom. The van der Waals surface area contributed by atoms with Gasteiger partial charge < -0.3 is 21.5 Å². The Bertz CT molecular complexity index is 1350. The van der Waals surface area contributed by atoms with Gasteiger partial charge in [-0.2, -0.15) is 0 Å². The normalized spacial score (nSPS) is 12.7. The largest absolute Gasteiger partial charge is 0.394 e. The molecule has 0 bridgehead atoms. The Labute approximate surface area is 228 Å². The molecule has 3 aromatic rings. The molecule has 2 amide bonds. The topological polar surface area (TPSA) is 174 Å². The number of sulfonamides is 1. The van der Waals surface area contributed by atoms with Gasteiger partial charge in [0.1, 0.15) is 17.9 Å². The molecule has 0 heterocycles. The summed E-state index contributed by atoms with van der Waals surface area (Å²) in [6.07, 6.45) is 0.732. The van der Waals surface area contributed by atoms with E-state index in [-0.39, 0.29) is 24.6 Å². The Morgan fingerprint density at radius 1 is 0.821 bits per heavy atom. The first-order valence-corrected chi connectivity index (χ1v) is 14.0. The molecular formula is C28H33N5O5S. The van der Waals surface area contributed by atoms with E-state index in [1.807, 2.05) is 30.3 Å². The lowest BCUT2D eigenvalue weighted by molar-refractivity contribution is -0.130. The van der Waals surface area contributed by atoms with Gasteiger partial charge in [0, 0.05) is 12.1 Å². The Kier molecular flexibility index (Phi) is 10.7. The third kappa shape index (κ3) is 9.64. The van der Waals surface area contributed by atoms with Crippen molar-refractivity contribution >= 4 is 27.7 Å². The molecule has 0 unspecified atom stereocenters. The number of rotatable bonds is 14. The molecule has 0 fully saturated rings. The third-order valence-corrected chi connectivity index (χ3v) is 7.31. The van der Waals surface area contributed by atoms with E-state index in [0.29, 0.717) is 17.5 Å². The summed E-state index contributed by atoms with van der Waals surface area (Å²) in [6.45, 7) is -0.614. The minimum absolute atomic E-state index is 0.0629.